The number of hydrogen-bond acceptors (Lipinski definition) is 3. The van der Waals surface area contributed by atoms with E-state index in [-0.39, 0.29) is 11.8 Å². The number of rotatable bonds is 5. The Morgan fingerprint density at radius 3 is 2.76 bits per heavy atom. The molecule has 0 saturated carbocycles. The average molecular weight is 290 g/mol. The standard InChI is InChI=1S/C15H22N4O2/c1-3-14(20)17-7-4-15(21)19-8-5-12(6-9-19)13-10-16-11-18(13)2/h3,10-12H,1,4-9H2,2H3,(H,17,20). The number of amides is 2. The monoisotopic (exact) mass is 290 g/mol. The van der Waals surface area contributed by atoms with Crippen molar-refractivity contribution in [2.45, 2.75) is 25.2 Å². The van der Waals surface area contributed by atoms with Gasteiger partial charge in [0.05, 0.1) is 6.33 Å². The molecule has 1 aliphatic rings. The quantitative estimate of drug-likeness (QED) is 0.816. The van der Waals surface area contributed by atoms with Gasteiger partial charge in [0.1, 0.15) is 0 Å². The summed E-state index contributed by atoms with van der Waals surface area (Å²) in [4.78, 5) is 29.1. The number of likely N-dealkylation sites (tertiary alicyclic amines) is 1. The Morgan fingerprint density at radius 2 is 2.19 bits per heavy atom. The summed E-state index contributed by atoms with van der Waals surface area (Å²) in [5.74, 6) is 0.336. The van der Waals surface area contributed by atoms with Crippen molar-refractivity contribution in [2.75, 3.05) is 19.6 Å². The minimum absolute atomic E-state index is 0.0998. The molecule has 1 N–H and O–H groups in total. The molecule has 114 valence electrons. The van der Waals surface area contributed by atoms with Crippen LogP contribution in [0, 0.1) is 0 Å². The van der Waals surface area contributed by atoms with Gasteiger partial charge in [0.15, 0.2) is 0 Å². The minimum Gasteiger partial charge on any atom is -0.352 e. The van der Waals surface area contributed by atoms with Gasteiger partial charge < -0.3 is 14.8 Å². The van der Waals surface area contributed by atoms with Crippen LogP contribution in [0.5, 0.6) is 0 Å². The number of carbonyl (C=O) groups is 2. The number of piperidine rings is 1. The fraction of sp³-hybridized carbons (Fsp3) is 0.533. The largest absolute Gasteiger partial charge is 0.352 e. The summed E-state index contributed by atoms with van der Waals surface area (Å²) in [6.07, 6.45) is 7.20. The first-order valence-electron chi connectivity index (χ1n) is 7.26. The second kappa shape index (κ2) is 7.06. The number of aromatic nitrogens is 2. The summed E-state index contributed by atoms with van der Waals surface area (Å²) in [5, 5.41) is 2.62. The zero-order chi connectivity index (χ0) is 15.2. The second-order valence-corrected chi connectivity index (χ2v) is 5.33. The van der Waals surface area contributed by atoms with E-state index in [0.717, 1.165) is 25.9 Å². The van der Waals surface area contributed by atoms with Crippen LogP contribution >= 0.6 is 0 Å². The number of nitrogens with zero attached hydrogens (tertiary/aromatic N) is 3. The molecule has 1 fully saturated rings. The molecule has 0 radical (unpaired) electrons. The maximum Gasteiger partial charge on any atom is 0.243 e. The van der Waals surface area contributed by atoms with E-state index in [1.54, 1.807) is 0 Å². The Kier molecular flexibility index (Phi) is 5.14. The molecular formula is C15H22N4O2. The first-order valence-corrected chi connectivity index (χ1v) is 7.26. The van der Waals surface area contributed by atoms with E-state index >= 15 is 0 Å². The molecule has 2 rings (SSSR count). The van der Waals surface area contributed by atoms with Crippen molar-refractivity contribution < 1.29 is 9.59 Å². The highest BCUT2D eigenvalue weighted by Crippen LogP contribution is 2.27. The van der Waals surface area contributed by atoms with E-state index in [1.807, 2.05) is 29.0 Å². The van der Waals surface area contributed by atoms with Crippen LogP contribution in [-0.2, 0) is 16.6 Å². The first-order chi connectivity index (χ1) is 10.1. The topological polar surface area (TPSA) is 67.2 Å². The lowest BCUT2D eigenvalue weighted by Crippen LogP contribution is -2.39. The van der Waals surface area contributed by atoms with Crippen LogP contribution in [0.3, 0.4) is 0 Å². The van der Waals surface area contributed by atoms with Gasteiger partial charge in [0.25, 0.3) is 0 Å². The molecule has 0 bridgehead atoms. The molecule has 6 heteroatoms. The molecule has 1 aromatic rings. The smallest absolute Gasteiger partial charge is 0.243 e. The third-order valence-corrected chi connectivity index (χ3v) is 3.94. The number of nitrogens with one attached hydrogen (secondary N) is 1. The van der Waals surface area contributed by atoms with Crippen LogP contribution < -0.4 is 5.32 Å². The molecule has 0 aliphatic carbocycles. The van der Waals surface area contributed by atoms with Gasteiger partial charge in [-0.05, 0) is 18.9 Å². The molecule has 2 amide bonds. The lowest BCUT2D eigenvalue weighted by atomic mass is 9.93. The highest BCUT2D eigenvalue weighted by molar-refractivity contribution is 5.87. The predicted octanol–water partition coefficient (Wildman–Crippen LogP) is 0.818. The van der Waals surface area contributed by atoms with Crippen molar-refractivity contribution in [1.29, 1.82) is 0 Å². The number of aryl methyl sites for hydroxylation is 1. The molecule has 0 spiro atoms. The maximum absolute atomic E-state index is 12.1. The van der Waals surface area contributed by atoms with Crippen LogP contribution in [0.15, 0.2) is 25.2 Å². The van der Waals surface area contributed by atoms with E-state index < -0.39 is 0 Å². The molecule has 0 atom stereocenters. The molecule has 0 unspecified atom stereocenters. The fourth-order valence-corrected chi connectivity index (χ4v) is 2.71. The predicted molar refractivity (Wildman–Crippen MR) is 79.6 cm³/mol. The number of carbonyl (C=O) groups excluding carboxylic acids is 2. The molecule has 1 saturated heterocycles. The SMILES string of the molecule is C=CC(=O)NCCC(=O)N1CCC(c2cncn2C)CC1. The average Bonchev–Trinajstić information content (AvgIpc) is 2.93. The summed E-state index contributed by atoms with van der Waals surface area (Å²) in [5.41, 5.74) is 1.24. The van der Waals surface area contributed by atoms with E-state index in [9.17, 15) is 9.59 Å². The van der Waals surface area contributed by atoms with Crippen molar-refractivity contribution in [3.8, 4) is 0 Å². The Labute approximate surface area is 124 Å². The molecule has 1 aliphatic heterocycles. The lowest BCUT2D eigenvalue weighted by Gasteiger charge is -2.32. The molecule has 2 heterocycles. The van der Waals surface area contributed by atoms with Crippen molar-refractivity contribution in [1.82, 2.24) is 19.8 Å². The fourth-order valence-electron chi connectivity index (χ4n) is 2.71. The van der Waals surface area contributed by atoms with Gasteiger partial charge in [0, 0.05) is 50.9 Å². The summed E-state index contributed by atoms with van der Waals surface area (Å²) < 4.78 is 2.05. The van der Waals surface area contributed by atoms with E-state index in [2.05, 4.69) is 16.9 Å². The summed E-state index contributed by atoms with van der Waals surface area (Å²) >= 11 is 0. The van der Waals surface area contributed by atoms with Gasteiger partial charge in [-0.1, -0.05) is 6.58 Å². The highest BCUT2D eigenvalue weighted by atomic mass is 16.2. The van der Waals surface area contributed by atoms with Gasteiger partial charge >= 0.3 is 0 Å². The number of hydrogen-bond donors (Lipinski definition) is 1. The molecular weight excluding hydrogens is 268 g/mol. The van der Waals surface area contributed by atoms with Crippen LogP contribution in [0.2, 0.25) is 0 Å². The van der Waals surface area contributed by atoms with Gasteiger partial charge in [-0.25, -0.2) is 4.98 Å². The van der Waals surface area contributed by atoms with Crippen molar-refractivity contribution in [3.63, 3.8) is 0 Å². The summed E-state index contributed by atoms with van der Waals surface area (Å²) in [6.45, 7) is 5.28. The summed E-state index contributed by atoms with van der Waals surface area (Å²) in [6, 6.07) is 0. The van der Waals surface area contributed by atoms with Crippen LogP contribution in [0.4, 0.5) is 0 Å². The summed E-state index contributed by atoms with van der Waals surface area (Å²) in [7, 11) is 2.00. The molecule has 1 aromatic heterocycles. The van der Waals surface area contributed by atoms with Crippen LogP contribution in [-0.4, -0.2) is 45.9 Å². The molecule has 0 aromatic carbocycles. The Bertz CT molecular complexity index is 515. The van der Waals surface area contributed by atoms with Gasteiger partial charge in [0.2, 0.25) is 11.8 Å². The zero-order valence-corrected chi connectivity index (χ0v) is 12.4. The van der Waals surface area contributed by atoms with Gasteiger partial charge in [-0.3, -0.25) is 9.59 Å². The first kappa shape index (κ1) is 15.3. The third-order valence-electron chi connectivity index (χ3n) is 3.94. The van der Waals surface area contributed by atoms with Crippen LogP contribution in [0.1, 0.15) is 30.9 Å². The van der Waals surface area contributed by atoms with E-state index in [0.29, 0.717) is 18.9 Å². The minimum atomic E-state index is -0.238. The van der Waals surface area contributed by atoms with E-state index in [4.69, 9.17) is 0 Å². The molecule has 21 heavy (non-hydrogen) atoms. The van der Waals surface area contributed by atoms with Crippen molar-refractivity contribution in [3.05, 3.63) is 30.9 Å². The van der Waals surface area contributed by atoms with Crippen molar-refractivity contribution >= 4 is 11.8 Å². The zero-order valence-electron chi connectivity index (χ0n) is 12.4. The van der Waals surface area contributed by atoms with Crippen molar-refractivity contribution in [2.24, 2.45) is 7.05 Å². The maximum atomic E-state index is 12.1. The third kappa shape index (κ3) is 3.93. The highest BCUT2D eigenvalue weighted by Gasteiger charge is 2.24. The second-order valence-electron chi connectivity index (χ2n) is 5.33. The molecule has 6 nitrogen and oxygen atoms in total. The number of imidazole rings is 1. The normalized spacial score (nSPS) is 15.8. The Hall–Kier alpha value is -2.11. The Balaban J connectivity index is 1.76. The Morgan fingerprint density at radius 1 is 1.48 bits per heavy atom. The lowest BCUT2D eigenvalue weighted by molar-refractivity contribution is -0.132. The van der Waals surface area contributed by atoms with Crippen LogP contribution in [0.25, 0.3) is 0 Å². The van der Waals surface area contributed by atoms with Gasteiger partial charge in [-0.2, -0.15) is 0 Å². The van der Waals surface area contributed by atoms with Gasteiger partial charge in [-0.15, -0.1) is 0 Å². The van der Waals surface area contributed by atoms with E-state index in [1.165, 1.54) is 11.8 Å².